The van der Waals surface area contributed by atoms with Gasteiger partial charge in [-0.3, -0.25) is 4.68 Å². The number of nitrogens with zero attached hydrogens (tertiary/aromatic N) is 2. The lowest BCUT2D eigenvalue weighted by atomic mass is 9.99. The highest BCUT2D eigenvalue weighted by atomic mass is 35.5. The number of alkyl halides is 3. The molecule has 0 fully saturated rings. The zero-order valence-corrected chi connectivity index (χ0v) is 21.2. The van der Waals surface area contributed by atoms with Crippen LogP contribution in [0.4, 0.5) is 17.6 Å². The number of aryl methyl sites for hydroxylation is 2. The molecule has 0 saturated heterocycles. The van der Waals surface area contributed by atoms with Crippen LogP contribution in [-0.4, -0.2) is 16.9 Å². The molecule has 5 aromatic rings. The highest BCUT2D eigenvalue weighted by Crippen LogP contribution is 2.38. The molecule has 0 bridgehead atoms. The predicted octanol–water partition coefficient (Wildman–Crippen LogP) is 8.36. The molecular formula is C30H23ClF4N2O. The van der Waals surface area contributed by atoms with Crippen molar-refractivity contribution in [3.63, 3.8) is 0 Å². The third-order valence-corrected chi connectivity index (χ3v) is 6.72. The first-order valence-electron chi connectivity index (χ1n) is 12.0. The Labute approximate surface area is 222 Å². The van der Waals surface area contributed by atoms with Gasteiger partial charge >= 0.3 is 6.18 Å². The summed E-state index contributed by atoms with van der Waals surface area (Å²) in [5.74, 6) is 0.252. The predicted molar refractivity (Wildman–Crippen MR) is 141 cm³/mol. The lowest BCUT2D eigenvalue weighted by Crippen LogP contribution is -2.07. The van der Waals surface area contributed by atoms with E-state index in [1.165, 1.54) is 22.9 Å². The van der Waals surface area contributed by atoms with Gasteiger partial charge in [-0.15, -0.1) is 0 Å². The van der Waals surface area contributed by atoms with Crippen LogP contribution in [0.15, 0.2) is 84.9 Å². The van der Waals surface area contributed by atoms with E-state index in [9.17, 15) is 17.6 Å². The van der Waals surface area contributed by atoms with Crippen molar-refractivity contribution < 1.29 is 22.3 Å². The average Bonchev–Trinajstić information content (AvgIpc) is 3.26. The standard InChI is InChI=1S/C30H23ClF4N2O/c1-38-27-11-3-2-7-20(27)13-12-19-6-4-8-21(16-19)29-24-9-5-10-25(30(33,34)35)28(24)36-37(29)18-22-14-15-23(31)17-26(22)32/h2-11,14-17H,12-13,18H2,1H3. The quantitative estimate of drug-likeness (QED) is 0.195. The number of para-hydroxylation sites is 1. The molecule has 0 saturated carbocycles. The highest BCUT2D eigenvalue weighted by Gasteiger charge is 2.34. The van der Waals surface area contributed by atoms with E-state index in [1.807, 2.05) is 48.5 Å². The van der Waals surface area contributed by atoms with Gasteiger partial charge in [0.15, 0.2) is 0 Å². The molecule has 1 heterocycles. The van der Waals surface area contributed by atoms with Gasteiger partial charge in [0.05, 0.1) is 24.9 Å². The van der Waals surface area contributed by atoms with E-state index in [1.54, 1.807) is 19.2 Å². The third kappa shape index (κ3) is 5.24. The van der Waals surface area contributed by atoms with Crippen LogP contribution in [0.3, 0.4) is 0 Å². The van der Waals surface area contributed by atoms with Crippen molar-refractivity contribution in [1.29, 1.82) is 0 Å². The number of hydrogen-bond donors (Lipinski definition) is 0. The molecule has 0 aliphatic heterocycles. The smallest absolute Gasteiger partial charge is 0.418 e. The zero-order chi connectivity index (χ0) is 26.9. The topological polar surface area (TPSA) is 27.1 Å². The Morgan fingerprint density at radius 1 is 0.868 bits per heavy atom. The maximum absolute atomic E-state index is 14.7. The highest BCUT2D eigenvalue weighted by molar-refractivity contribution is 6.30. The minimum absolute atomic E-state index is 0.0598. The van der Waals surface area contributed by atoms with Crippen LogP contribution < -0.4 is 4.74 Å². The van der Waals surface area contributed by atoms with Gasteiger partial charge in [0, 0.05) is 21.5 Å². The fraction of sp³-hybridized carbons (Fsp3) is 0.167. The number of methoxy groups -OCH3 is 1. The number of hydrogen-bond acceptors (Lipinski definition) is 2. The molecule has 0 amide bonds. The normalized spacial score (nSPS) is 11.7. The van der Waals surface area contributed by atoms with Crippen LogP contribution in [0.2, 0.25) is 5.02 Å². The van der Waals surface area contributed by atoms with E-state index >= 15 is 0 Å². The Morgan fingerprint density at radius 2 is 1.66 bits per heavy atom. The van der Waals surface area contributed by atoms with Gasteiger partial charge in [-0.1, -0.05) is 66.2 Å². The molecule has 0 spiro atoms. The number of ether oxygens (including phenoxy) is 1. The van der Waals surface area contributed by atoms with Crippen molar-refractivity contribution in [2.75, 3.05) is 7.11 Å². The van der Waals surface area contributed by atoms with Gasteiger partial charge in [0.1, 0.15) is 17.1 Å². The Morgan fingerprint density at radius 3 is 2.42 bits per heavy atom. The number of halogens is 5. The summed E-state index contributed by atoms with van der Waals surface area (Å²) in [7, 11) is 1.63. The first kappa shape index (κ1) is 25.8. The van der Waals surface area contributed by atoms with Gasteiger partial charge in [0.2, 0.25) is 0 Å². The second kappa shape index (κ2) is 10.5. The van der Waals surface area contributed by atoms with Gasteiger partial charge in [-0.05, 0) is 54.3 Å². The maximum atomic E-state index is 14.7. The molecule has 5 rings (SSSR count). The Kier molecular flexibility index (Phi) is 7.13. The van der Waals surface area contributed by atoms with Crippen LogP contribution in [0.25, 0.3) is 22.2 Å². The van der Waals surface area contributed by atoms with Crippen LogP contribution in [0.1, 0.15) is 22.3 Å². The lowest BCUT2D eigenvalue weighted by Gasteiger charge is -2.12. The van der Waals surface area contributed by atoms with E-state index in [2.05, 4.69) is 5.10 Å². The number of benzene rings is 4. The monoisotopic (exact) mass is 538 g/mol. The fourth-order valence-electron chi connectivity index (χ4n) is 4.67. The molecule has 38 heavy (non-hydrogen) atoms. The Bertz CT molecular complexity index is 1610. The van der Waals surface area contributed by atoms with Crippen molar-refractivity contribution in [3.05, 3.63) is 118 Å². The summed E-state index contributed by atoms with van der Waals surface area (Å²) < 4.78 is 63.1. The molecule has 0 atom stereocenters. The van der Waals surface area contributed by atoms with Gasteiger partial charge in [-0.2, -0.15) is 18.3 Å². The van der Waals surface area contributed by atoms with Gasteiger partial charge < -0.3 is 4.74 Å². The fourth-order valence-corrected chi connectivity index (χ4v) is 4.83. The molecule has 0 aliphatic carbocycles. The number of rotatable bonds is 7. The van der Waals surface area contributed by atoms with Crippen molar-refractivity contribution in [2.24, 2.45) is 0 Å². The second-order valence-electron chi connectivity index (χ2n) is 8.95. The summed E-state index contributed by atoms with van der Waals surface area (Å²) in [4.78, 5) is 0. The maximum Gasteiger partial charge on any atom is 0.418 e. The Hall–Kier alpha value is -3.84. The van der Waals surface area contributed by atoms with Crippen LogP contribution >= 0.6 is 11.6 Å². The molecule has 1 aromatic heterocycles. The first-order chi connectivity index (χ1) is 18.2. The van der Waals surface area contributed by atoms with Gasteiger partial charge in [0.25, 0.3) is 0 Å². The van der Waals surface area contributed by atoms with Crippen molar-refractivity contribution in [3.8, 4) is 17.0 Å². The van der Waals surface area contributed by atoms with E-state index in [-0.39, 0.29) is 22.6 Å². The number of fused-ring (bicyclic) bond motifs is 1. The SMILES string of the molecule is COc1ccccc1CCc1cccc(-c2c3cccc(C(F)(F)F)c3nn2Cc2ccc(Cl)cc2F)c1. The molecule has 8 heteroatoms. The summed E-state index contributed by atoms with van der Waals surface area (Å²) in [6.07, 6.45) is -3.17. The van der Waals surface area contributed by atoms with Crippen LogP contribution in [0, 0.1) is 5.82 Å². The molecular weight excluding hydrogens is 516 g/mol. The van der Waals surface area contributed by atoms with E-state index in [0.29, 0.717) is 23.1 Å². The molecule has 0 radical (unpaired) electrons. The van der Waals surface area contributed by atoms with Crippen LogP contribution in [-0.2, 0) is 25.6 Å². The van der Waals surface area contributed by atoms with E-state index in [0.717, 1.165) is 29.4 Å². The minimum atomic E-state index is -4.59. The molecule has 0 aliphatic rings. The minimum Gasteiger partial charge on any atom is -0.496 e. The van der Waals surface area contributed by atoms with E-state index < -0.39 is 17.6 Å². The number of aromatic nitrogens is 2. The first-order valence-corrected chi connectivity index (χ1v) is 12.3. The third-order valence-electron chi connectivity index (χ3n) is 6.49. The average molecular weight is 539 g/mol. The second-order valence-corrected chi connectivity index (χ2v) is 9.39. The summed E-state index contributed by atoms with van der Waals surface area (Å²) in [6.45, 7) is -0.0598. The summed E-state index contributed by atoms with van der Waals surface area (Å²) in [5.41, 5.74) is 2.49. The summed E-state index contributed by atoms with van der Waals surface area (Å²) >= 11 is 5.90. The zero-order valence-electron chi connectivity index (χ0n) is 20.4. The Balaban J connectivity index is 1.59. The van der Waals surface area contributed by atoms with Crippen LogP contribution in [0.5, 0.6) is 5.75 Å². The van der Waals surface area contributed by atoms with Crippen molar-refractivity contribution in [1.82, 2.24) is 9.78 Å². The van der Waals surface area contributed by atoms with E-state index in [4.69, 9.17) is 16.3 Å². The largest absolute Gasteiger partial charge is 0.496 e. The molecule has 0 N–H and O–H groups in total. The molecule has 4 aromatic carbocycles. The molecule has 3 nitrogen and oxygen atoms in total. The molecule has 194 valence electrons. The summed E-state index contributed by atoms with van der Waals surface area (Å²) in [6, 6.07) is 23.6. The summed E-state index contributed by atoms with van der Waals surface area (Å²) in [5, 5.41) is 4.92. The van der Waals surface area contributed by atoms with Crippen molar-refractivity contribution >= 4 is 22.5 Å². The molecule has 0 unspecified atom stereocenters. The van der Waals surface area contributed by atoms with Gasteiger partial charge in [-0.25, -0.2) is 4.39 Å². The van der Waals surface area contributed by atoms with Crippen molar-refractivity contribution in [2.45, 2.75) is 25.6 Å². The lowest BCUT2D eigenvalue weighted by molar-refractivity contribution is -0.136.